The maximum Gasteiger partial charge on any atom is 0.387 e. The molecule has 0 aliphatic carbocycles. The maximum atomic E-state index is 12.4. The van der Waals surface area contributed by atoms with Crippen molar-refractivity contribution in [1.29, 1.82) is 0 Å². The van der Waals surface area contributed by atoms with Crippen molar-refractivity contribution in [3.63, 3.8) is 0 Å². The minimum absolute atomic E-state index is 0.0435. The van der Waals surface area contributed by atoms with Gasteiger partial charge in [0, 0.05) is 37.9 Å². The molecule has 0 bridgehead atoms. The molecular weight excluding hydrogens is 366 g/mol. The number of methoxy groups -OCH3 is 1. The smallest absolute Gasteiger partial charge is 0.387 e. The van der Waals surface area contributed by atoms with Gasteiger partial charge in [0.1, 0.15) is 0 Å². The third-order valence-electron chi connectivity index (χ3n) is 4.53. The number of carbonyl (C=O) groups is 1. The van der Waals surface area contributed by atoms with E-state index in [1.54, 1.807) is 23.1 Å². The Bertz CT molecular complexity index is 820. The Morgan fingerprint density at radius 3 is 2.39 bits per heavy atom. The summed E-state index contributed by atoms with van der Waals surface area (Å²) in [7, 11) is 1.37. The predicted octanol–water partition coefficient (Wildman–Crippen LogP) is 3.66. The van der Waals surface area contributed by atoms with Gasteiger partial charge in [-0.15, -0.1) is 0 Å². The second-order valence-corrected chi connectivity index (χ2v) is 6.27. The van der Waals surface area contributed by atoms with Gasteiger partial charge >= 0.3 is 6.61 Å². The van der Waals surface area contributed by atoms with Crippen molar-refractivity contribution in [2.24, 2.45) is 0 Å². The largest absolute Gasteiger partial charge is 0.493 e. The summed E-state index contributed by atoms with van der Waals surface area (Å²) in [5, 5.41) is 0. The molecule has 0 radical (unpaired) electrons. The number of para-hydroxylation sites is 1. The average molecular weight is 388 g/mol. The molecule has 0 unspecified atom stereocenters. The van der Waals surface area contributed by atoms with Crippen molar-refractivity contribution in [1.82, 2.24) is 4.90 Å². The van der Waals surface area contributed by atoms with Crippen molar-refractivity contribution < 1.29 is 23.0 Å². The number of hydrogen-bond acceptors (Lipinski definition) is 4. The highest BCUT2D eigenvalue weighted by molar-refractivity contribution is 5.92. The van der Waals surface area contributed by atoms with E-state index in [0.717, 1.165) is 18.8 Å². The van der Waals surface area contributed by atoms with Crippen LogP contribution in [0.4, 0.5) is 14.5 Å². The van der Waals surface area contributed by atoms with E-state index in [1.807, 2.05) is 18.2 Å². The molecule has 1 amide bonds. The van der Waals surface area contributed by atoms with Crippen molar-refractivity contribution in [2.45, 2.75) is 6.61 Å². The second kappa shape index (κ2) is 9.21. The summed E-state index contributed by atoms with van der Waals surface area (Å²) in [4.78, 5) is 16.5. The van der Waals surface area contributed by atoms with Crippen LogP contribution in [0.25, 0.3) is 6.08 Å². The zero-order valence-corrected chi connectivity index (χ0v) is 15.6. The third kappa shape index (κ3) is 5.00. The molecule has 28 heavy (non-hydrogen) atoms. The summed E-state index contributed by atoms with van der Waals surface area (Å²) in [5.41, 5.74) is 1.82. The number of alkyl halides is 2. The van der Waals surface area contributed by atoms with E-state index in [0.29, 0.717) is 18.7 Å². The van der Waals surface area contributed by atoms with Crippen LogP contribution in [-0.4, -0.2) is 50.7 Å². The van der Waals surface area contributed by atoms with Gasteiger partial charge in [-0.2, -0.15) is 8.78 Å². The first-order valence-electron chi connectivity index (χ1n) is 8.96. The second-order valence-electron chi connectivity index (χ2n) is 6.27. The molecule has 148 valence electrons. The van der Waals surface area contributed by atoms with Crippen LogP contribution in [-0.2, 0) is 4.79 Å². The molecular formula is C21H22F2N2O3. The molecule has 0 atom stereocenters. The molecule has 1 fully saturated rings. The number of nitrogens with zero attached hydrogens (tertiary/aromatic N) is 2. The van der Waals surface area contributed by atoms with Gasteiger partial charge in [-0.25, -0.2) is 0 Å². The summed E-state index contributed by atoms with van der Waals surface area (Å²) >= 11 is 0. The first kappa shape index (κ1) is 19.7. The van der Waals surface area contributed by atoms with Gasteiger partial charge in [0.25, 0.3) is 0 Å². The highest BCUT2D eigenvalue weighted by Gasteiger charge is 2.19. The zero-order chi connectivity index (χ0) is 19.9. The molecule has 7 heteroatoms. The fourth-order valence-corrected chi connectivity index (χ4v) is 3.08. The highest BCUT2D eigenvalue weighted by Crippen LogP contribution is 2.29. The Hall–Kier alpha value is -3.09. The molecule has 1 heterocycles. The number of benzene rings is 2. The average Bonchev–Trinajstić information content (AvgIpc) is 2.73. The lowest BCUT2D eigenvalue weighted by Gasteiger charge is -2.35. The van der Waals surface area contributed by atoms with E-state index in [1.165, 1.54) is 19.3 Å². The van der Waals surface area contributed by atoms with Gasteiger partial charge in [0.2, 0.25) is 5.91 Å². The van der Waals surface area contributed by atoms with Crippen LogP contribution < -0.4 is 14.4 Å². The van der Waals surface area contributed by atoms with Gasteiger partial charge in [0.05, 0.1) is 7.11 Å². The van der Waals surface area contributed by atoms with Crippen LogP contribution in [0.5, 0.6) is 11.5 Å². The van der Waals surface area contributed by atoms with Crippen LogP contribution in [0, 0.1) is 0 Å². The molecule has 0 aromatic heterocycles. The van der Waals surface area contributed by atoms with Gasteiger partial charge in [-0.05, 0) is 35.9 Å². The van der Waals surface area contributed by atoms with Crippen molar-refractivity contribution in [3.8, 4) is 11.5 Å². The molecule has 1 aliphatic rings. The molecule has 1 saturated heterocycles. The molecule has 0 spiro atoms. The summed E-state index contributed by atoms with van der Waals surface area (Å²) < 4.78 is 34.2. The number of rotatable bonds is 6. The standard InChI is InChI=1S/C21H22F2N2O3/c1-27-19-15-16(7-9-18(19)28-21(22)23)8-10-20(26)25-13-11-24(12-14-25)17-5-3-2-4-6-17/h2-10,15,21H,11-14H2,1H3/b10-8+. The minimum atomic E-state index is -2.92. The number of carbonyl (C=O) groups excluding carboxylic acids is 1. The monoisotopic (exact) mass is 388 g/mol. The first-order valence-corrected chi connectivity index (χ1v) is 8.96. The molecule has 2 aromatic rings. The van der Waals surface area contributed by atoms with Crippen LogP contribution in [0.1, 0.15) is 5.56 Å². The highest BCUT2D eigenvalue weighted by atomic mass is 19.3. The van der Waals surface area contributed by atoms with E-state index in [4.69, 9.17) is 4.74 Å². The van der Waals surface area contributed by atoms with Crippen LogP contribution in [0.15, 0.2) is 54.6 Å². The number of ether oxygens (including phenoxy) is 2. The van der Waals surface area contributed by atoms with E-state index in [9.17, 15) is 13.6 Å². The van der Waals surface area contributed by atoms with Crippen molar-refractivity contribution in [2.75, 3.05) is 38.2 Å². The summed E-state index contributed by atoms with van der Waals surface area (Å²) in [5.74, 6) is 0.0592. The van der Waals surface area contributed by atoms with E-state index in [2.05, 4.69) is 21.8 Å². The number of piperazine rings is 1. The Balaban J connectivity index is 1.58. The van der Waals surface area contributed by atoms with E-state index >= 15 is 0 Å². The maximum absolute atomic E-state index is 12.4. The SMILES string of the molecule is COc1cc(/C=C/C(=O)N2CCN(c3ccccc3)CC2)ccc1OC(F)F. The summed E-state index contributed by atoms with van der Waals surface area (Å²) in [6.07, 6.45) is 3.13. The van der Waals surface area contributed by atoms with Crippen LogP contribution in [0.3, 0.4) is 0 Å². The lowest BCUT2D eigenvalue weighted by Crippen LogP contribution is -2.48. The van der Waals surface area contributed by atoms with Crippen LogP contribution in [0.2, 0.25) is 0 Å². The quantitative estimate of drug-likeness (QED) is 0.709. The van der Waals surface area contributed by atoms with Gasteiger partial charge in [0.15, 0.2) is 11.5 Å². The third-order valence-corrected chi connectivity index (χ3v) is 4.53. The Morgan fingerprint density at radius 2 is 1.75 bits per heavy atom. The molecule has 2 aromatic carbocycles. The fraction of sp³-hybridized carbons (Fsp3) is 0.286. The Labute approximate surface area is 162 Å². The minimum Gasteiger partial charge on any atom is -0.493 e. The first-order chi connectivity index (χ1) is 13.6. The normalized spacial score (nSPS) is 14.6. The van der Waals surface area contributed by atoms with E-state index < -0.39 is 6.61 Å². The van der Waals surface area contributed by atoms with Crippen molar-refractivity contribution >= 4 is 17.7 Å². The topological polar surface area (TPSA) is 42.0 Å². The van der Waals surface area contributed by atoms with Crippen molar-refractivity contribution in [3.05, 3.63) is 60.2 Å². The lowest BCUT2D eigenvalue weighted by molar-refractivity contribution is -0.126. The zero-order valence-electron chi connectivity index (χ0n) is 15.6. The lowest BCUT2D eigenvalue weighted by atomic mass is 10.1. The number of anilines is 1. The molecule has 1 aliphatic heterocycles. The Kier molecular flexibility index (Phi) is 6.47. The number of halogens is 2. The molecule has 3 rings (SSSR count). The fourth-order valence-electron chi connectivity index (χ4n) is 3.08. The van der Waals surface area contributed by atoms with Crippen LogP contribution >= 0.6 is 0 Å². The molecule has 0 N–H and O–H groups in total. The summed E-state index contributed by atoms with van der Waals surface area (Å²) in [6, 6.07) is 14.6. The molecule has 0 saturated carbocycles. The van der Waals surface area contributed by atoms with Gasteiger partial charge < -0.3 is 19.3 Å². The number of hydrogen-bond donors (Lipinski definition) is 0. The van der Waals surface area contributed by atoms with E-state index in [-0.39, 0.29) is 17.4 Å². The van der Waals surface area contributed by atoms with Gasteiger partial charge in [-0.1, -0.05) is 24.3 Å². The predicted molar refractivity (Wildman–Crippen MR) is 104 cm³/mol. The van der Waals surface area contributed by atoms with Gasteiger partial charge in [-0.3, -0.25) is 4.79 Å². The molecule has 5 nitrogen and oxygen atoms in total. The Morgan fingerprint density at radius 1 is 1.04 bits per heavy atom. The summed E-state index contributed by atoms with van der Waals surface area (Å²) in [6.45, 7) is -0.0920. The number of amides is 1.